The molecule has 0 heterocycles. The van der Waals surface area contributed by atoms with Crippen LogP contribution in [0, 0.1) is 0 Å². The third-order valence-corrected chi connectivity index (χ3v) is 3.90. The molecule has 2 aromatic rings. The summed E-state index contributed by atoms with van der Waals surface area (Å²) in [7, 11) is 0. The Balaban J connectivity index is 2.13. The van der Waals surface area contributed by atoms with Gasteiger partial charge in [0.25, 0.3) is 0 Å². The molecule has 0 spiro atoms. The van der Waals surface area contributed by atoms with Crippen molar-refractivity contribution in [1.82, 2.24) is 4.90 Å². The van der Waals surface area contributed by atoms with Crippen LogP contribution in [0.5, 0.6) is 0 Å². The van der Waals surface area contributed by atoms with Crippen LogP contribution in [-0.2, 0) is 13.1 Å². The first-order valence-electron chi connectivity index (χ1n) is 7.64. The first-order chi connectivity index (χ1) is 10.5. The summed E-state index contributed by atoms with van der Waals surface area (Å²) in [5, 5.41) is 10.3. The van der Waals surface area contributed by atoms with Gasteiger partial charge >= 0.3 is 0 Å². The Bertz CT molecular complexity index is 513. The Hall–Kier alpha value is -1.71. The summed E-state index contributed by atoms with van der Waals surface area (Å²) in [5.41, 5.74) is 0.949. The van der Waals surface area contributed by atoms with Crippen molar-refractivity contribution in [3.8, 4) is 0 Å². The zero-order chi connectivity index (χ0) is 16.0. The van der Waals surface area contributed by atoms with Crippen LogP contribution in [0.4, 0.5) is 4.39 Å². The lowest BCUT2D eigenvalue weighted by Gasteiger charge is -2.32. The van der Waals surface area contributed by atoms with E-state index < -0.39 is 11.8 Å². The molecule has 0 aliphatic heterocycles. The predicted molar refractivity (Wildman–Crippen MR) is 88.2 cm³/mol. The minimum absolute atomic E-state index is 0.286. The van der Waals surface area contributed by atoms with Gasteiger partial charge in [-0.05, 0) is 25.0 Å². The number of aliphatic hydroxyl groups is 1. The Labute approximate surface area is 132 Å². The molecule has 0 aliphatic rings. The fraction of sp³-hybridized carbons (Fsp3) is 0.368. The van der Waals surface area contributed by atoms with E-state index in [-0.39, 0.29) is 6.54 Å². The Morgan fingerprint density at radius 1 is 0.955 bits per heavy atom. The second-order valence-electron chi connectivity index (χ2n) is 6.09. The van der Waals surface area contributed by atoms with Crippen molar-refractivity contribution in [2.45, 2.75) is 38.7 Å². The van der Waals surface area contributed by atoms with Crippen LogP contribution in [0.25, 0.3) is 0 Å². The van der Waals surface area contributed by atoms with E-state index in [0.29, 0.717) is 13.1 Å². The number of nitrogens with zero attached hydrogens (tertiary/aromatic N) is 1. The Morgan fingerprint density at radius 3 is 1.73 bits per heavy atom. The van der Waals surface area contributed by atoms with E-state index in [1.165, 1.54) is 6.92 Å². The molecule has 1 N–H and O–H groups in total. The molecule has 2 aromatic carbocycles. The second kappa shape index (κ2) is 7.52. The van der Waals surface area contributed by atoms with Gasteiger partial charge < -0.3 is 5.11 Å². The SMILES string of the molecule is CC(F)C(C)(O)CN(Cc1ccccc1)Cc1ccccc1. The van der Waals surface area contributed by atoms with Crippen LogP contribution in [0.15, 0.2) is 60.7 Å². The van der Waals surface area contributed by atoms with Gasteiger partial charge in [-0.2, -0.15) is 0 Å². The van der Waals surface area contributed by atoms with Crippen LogP contribution in [0.2, 0.25) is 0 Å². The van der Waals surface area contributed by atoms with E-state index in [4.69, 9.17) is 0 Å². The molecule has 2 unspecified atom stereocenters. The van der Waals surface area contributed by atoms with E-state index in [9.17, 15) is 9.50 Å². The molecular formula is C19H24FNO. The summed E-state index contributed by atoms with van der Waals surface area (Å²) < 4.78 is 13.6. The smallest absolute Gasteiger partial charge is 0.127 e. The van der Waals surface area contributed by atoms with E-state index in [0.717, 1.165) is 11.1 Å². The molecule has 2 atom stereocenters. The predicted octanol–water partition coefficient (Wildman–Crippen LogP) is 3.80. The molecule has 118 valence electrons. The minimum Gasteiger partial charge on any atom is -0.386 e. The van der Waals surface area contributed by atoms with Gasteiger partial charge in [0.1, 0.15) is 11.8 Å². The highest BCUT2D eigenvalue weighted by molar-refractivity contribution is 5.17. The van der Waals surface area contributed by atoms with Gasteiger partial charge in [-0.15, -0.1) is 0 Å². The van der Waals surface area contributed by atoms with Gasteiger partial charge in [-0.3, -0.25) is 4.90 Å². The fourth-order valence-corrected chi connectivity index (χ4v) is 2.43. The molecule has 0 radical (unpaired) electrons. The topological polar surface area (TPSA) is 23.5 Å². The highest BCUT2D eigenvalue weighted by Gasteiger charge is 2.30. The third kappa shape index (κ3) is 4.93. The summed E-state index contributed by atoms with van der Waals surface area (Å²) >= 11 is 0. The Morgan fingerprint density at radius 2 is 1.36 bits per heavy atom. The second-order valence-corrected chi connectivity index (χ2v) is 6.09. The molecule has 0 bridgehead atoms. The van der Waals surface area contributed by atoms with Crippen molar-refractivity contribution in [3.63, 3.8) is 0 Å². The lowest BCUT2D eigenvalue weighted by Crippen LogP contribution is -2.46. The third-order valence-electron chi connectivity index (χ3n) is 3.90. The molecule has 22 heavy (non-hydrogen) atoms. The van der Waals surface area contributed by atoms with Crippen molar-refractivity contribution in [1.29, 1.82) is 0 Å². The minimum atomic E-state index is -1.36. The maximum atomic E-state index is 13.6. The molecule has 0 aliphatic carbocycles. The first kappa shape index (κ1) is 16.7. The average molecular weight is 301 g/mol. The maximum absolute atomic E-state index is 13.6. The summed E-state index contributed by atoms with van der Waals surface area (Å²) in [6.07, 6.45) is -1.28. The summed E-state index contributed by atoms with van der Waals surface area (Å²) in [6.45, 7) is 4.61. The first-order valence-corrected chi connectivity index (χ1v) is 7.64. The summed E-state index contributed by atoms with van der Waals surface area (Å²) in [4.78, 5) is 2.08. The van der Waals surface area contributed by atoms with Crippen molar-refractivity contribution >= 4 is 0 Å². The zero-order valence-corrected chi connectivity index (χ0v) is 13.2. The molecule has 2 rings (SSSR count). The van der Waals surface area contributed by atoms with Crippen LogP contribution in [0.3, 0.4) is 0 Å². The zero-order valence-electron chi connectivity index (χ0n) is 13.2. The van der Waals surface area contributed by atoms with Gasteiger partial charge in [-0.1, -0.05) is 60.7 Å². The van der Waals surface area contributed by atoms with Crippen LogP contribution < -0.4 is 0 Å². The van der Waals surface area contributed by atoms with Gasteiger partial charge in [-0.25, -0.2) is 4.39 Å². The Kier molecular flexibility index (Phi) is 5.69. The van der Waals surface area contributed by atoms with Gasteiger partial charge in [0.15, 0.2) is 0 Å². The molecule has 2 nitrogen and oxygen atoms in total. The van der Waals surface area contributed by atoms with Gasteiger partial charge in [0.05, 0.1) is 0 Å². The highest BCUT2D eigenvalue weighted by Crippen LogP contribution is 2.18. The van der Waals surface area contributed by atoms with Crippen LogP contribution in [-0.4, -0.2) is 28.3 Å². The molecular weight excluding hydrogens is 277 g/mol. The molecule has 0 amide bonds. The van der Waals surface area contributed by atoms with Gasteiger partial charge in [0, 0.05) is 19.6 Å². The van der Waals surface area contributed by atoms with E-state index >= 15 is 0 Å². The lowest BCUT2D eigenvalue weighted by molar-refractivity contribution is -0.0413. The van der Waals surface area contributed by atoms with Crippen molar-refractivity contribution in [2.24, 2.45) is 0 Å². The number of benzene rings is 2. The van der Waals surface area contributed by atoms with E-state index in [1.807, 2.05) is 60.7 Å². The number of halogens is 1. The largest absolute Gasteiger partial charge is 0.386 e. The van der Waals surface area contributed by atoms with Crippen molar-refractivity contribution in [2.75, 3.05) is 6.54 Å². The molecule has 0 saturated heterocycles. The quantitative estimate of drug-likeness (QED) is 0.841. The standard InChI is InChI=1S/C19H24FNO/c1-16(20)19(2,22)15-21(13-17-9-5-3-6-10-17)14-18-11-7-4-8-12-18/h3-12,16,22H,13-15H2,1-2H3. The molecule has 3 heteroatoms. The normalized spacial score (nSPS) is 15.5. The average Bonchev–Trinajstić information content (AvgIpc) is 2.48. The van der Waals surface area contributed by atoms with Crippen molar-refractivity contribution < 1.29 is 9.50 Å². The number of alkyl halides is 1. The highest BCUT2D eigenvalue weighted by atomic mass is 19.1. The lowest BCUT2D eigenvalue weighted by atomic mass is 10.00. The van der Waals surface area contributed by atoms with Crippen molar-refractivity contribution in [3.05, 3.63) is 71.8 Å². The van der Waals surface area contributed by atoms with Crippen LogP contribution >= 0.6 is 0 Å². The number of hydrogen-bond acceptors (Lipinski definition) is 2. The maximum Gasteiger partial charge on any atom is 0.127 e. The molecule has 0 fully saturated rings. The number of rotatable bonds is 7. The fourth-order valence-electron chi connectivity index (χ4n) is 2.43. The summed E-state index contributed by atoms with van der Waals surface area (Å²) in [6, 6.07) is 20.1. The van der Waals surface area contributed by atoms with Crippen LogP contribution in [0.1, 0.15) is 25.0 Å². The van der Waals surface area contributed by atoms with Gasteiger partial charge in [0.2, 0.25) is 0 Å². The monoisotopic (exact) mass is 301 g/mol. The summed E-state index contributed by atoms with van der Waals surface area (Å²) in [5.74, 6) is 0. The molecule has 0 aromatic heterocycles. The number of hydrogen-bond donors (Lipinski definition) is 1. The van der Waals surface area contributed by atoms with E-state index in [2.05, 4.69) is 4.90 Å². The molecule has 0 saturated carbocycles. The van der Waals surface area contributed by atoms with E-state index in [1.54, 1.807) is 6.92 Å².